The van der Waals surface area contributed by atoms with E-state index in [-0.39, 0.29) is 17.9 Å². The Bertz CT molecular complexity index is 958. The first kappa shape index (κ1) is 15.0. The summed E-state index contributed by atoms with van der Waals surface area (Å²) in [6.45, 7) is 3.59. The highest BCUT2D eigenvalue weighted by Crippen LogP contribution is 2.15. The summed E-state index contributed by atoms with van der Waals surface area (Å²) in [6.07, 6.45) is 0.0807. The van der Waals surface area contributed by atoms with Gasteiger partial charge in [-0.2, -0.15) is 0 Å². The summed E-state index contributed by atoms with van der Waals surface area (Å²) >= 11 is 0. The van der Waals surface area contributed by atoms with Gasteiger partial charge in [-0.05, 0) is 32.0 Å². The van der Waals surface area contributed by atoms with Crippen molar-refractivity contribution >= 4 is 17.2 Å². The first-order chi connectivity index (χ1) is 10.9. The van der Waals surface area contributed by atoms with Crippen molar-refractivity contribution in [3.63, 3.8) is 0 Å². The number of benzene rings is 1. The third-order valence-corrected chi connectivity index (χ3v) is 3.65. The molecule has 0 fully saturated rings. The van der Waals surface area contributed by atoms with E-state index >= 15 is 0 Å². The van der Waals surface area contributed by atoms with E-state index in [0.717, 1.165) is 11.3 Å². The lowest BCUT2D eigenvalue weighted by molar-refractivity contribution is -0.115. The van der Waals surface area contributed by atoms with Crippen molar-refractivity contribution in [2.24, 2.45) is 0 Å². The lowest BCUT2D eigenvalue weighted by atomic mass is 10.1. The first-order valence-corrected chi connectivity index (χ1v) is 7.07. The van der Waals surface area contributed by atoms with E-state index in [4.69, 9.17) is 0 Å². The highest BCUT2D eigenvalue weighted by atomic mass is 19.1. The number of amides is 1. The summed E-state index contributed by atoms with van der Waals surface area (Å²) in [5, 5.41) is 5.29. The Morgan fingerprint density at radius 2 is 2.13 bits per heavy atom. The first-order valence-electron chi connectivity index (χ1n) is 7.07. The normalized spacial score (nSPS) is 10.9. The van der Waals surface area contributed by atoms with Crippen molar-refractivity contribution in [3.8, 4) is 0 Å². The molecule has 6 nitrogen and oxygen atoms in total. The molecule has 0 radical (unpaired) electrons. The minimum absolute atomic E-state index is 0.0807. The van der Waals surface area contributed by atoms with Crippen molar-refractivity contribution in [1.82, 2.24) is 14.6 Å². The van der Waals surface area contributed by atoms with Gasteiger partial charge in [-0.15, -0.1) is 0 Å². The molecule has 0 aliphatic heterocycles. The number of carbonyl (C=O) groups excluding carboxylic acids is 1. The van der Waals surface area contributed by atoms with E-state index in [9.17, 15) is 14.0 Å². The standard InChI is InChI=1S/C16H15FN4O2/c1-9-13(10(2)21-14(18-9)8-16(23)20-21)7-15(22)19-12-5-3-4-11(17)6-12/h3-6,8H,7H2,1-2H3,(H,19,22)(H,20,23). The number of hydrogen-bond donors (Lipinski definition) is 2. The number of carbonyl (C=O) groups is 1. The highest BCUT2D eigenvalue weighted by Gasteiger charge is 2.14. The minimum Gasteiger partial charge on any atom is -0.326 e. The second kappa shape index (κ2) is 5.68. The minimum atomic E-state index is -0.414. The maximum Gasteiger partial charge on any atom is 0.266 e. The molecule has 23 heavy (non-hydrogen) atoms. The maximum atomic E-state index is 13.2. The highest BCUT2D eigenvalue weighted by molar-refractivity contribution is 5.92. The molecule has 2 N–H and O–H groups in total. The van der Waals surface area contributed by atoms with Crippen LogP contribution in [0, 0.1) is 19.7 Å². The number of H-pyrrole nitrogens is 1. The van der Waals surface area contributed by atoms with E-state index in [1.165, 1.54) is 24.3 Å². The molecule has 3 aromatic rings. The van der Waals surface area contributed by atoms with Crippen molar-refractivity contribution in [2.75, 3.05) is 5.32 Å². The van der Waals surface area contributed by atoms with Crippen LogP contribution in [0.15, 0.2) is 35.1 Å². The lowest BCUT2D eigenvalue weighted by Gasteiger charge is -2.11. The molecular weight excluding hydrogens is 299 g/mol. The number of fused-ring (bicyclic) bond motifs is 1. The molecule has 0 saturated heterocycles. The van der Waals surface area contributed by atoms with E-state index in [2.05, 4.69) is 15.4 Å². The van der Waals surface area contributed by atoms with Crippen LogP contribution < -0.4 is 10.9 Å². The Hall–Kier alpha value is -2.96. The van der Waals surface area contributed by atoms with Crippen LogP contribution in [0.4, 0.5) is 10.1 Å². The van der Waals surface area contributed by atoms with Gasteiger partial charge < -0.3 is 5.32 Å². The van der Waals surface area contributed by atoms with E-state index in [1.54, 1.807) is 17.5 Å². The van der Waals surface area contributed by atoms with Gasteiger partial charge in [-0.25, -0.2) is 13.9 Å². The number of hydrogen-bond acceptors (Lipinski definition) is 3. The maximum absolute atomic E-state index is 13.2. The van der Waals surface area contributed by atoms with Gasteiger partial charge >= 0.3 is 0 Å². The van der Waals surface area contributed by atoms with Crippen molar-refractivity contribution in [2.45, 2.75) is 20.3 Å². The quantitative estimate of drug-likeness (QED) is 0.775. The fourth-order valence-corrected chi connectivity index (χ4v) is 2.54. The number of aromatic amines is 1. The van der Waals surface area contributed by atoms with Crippen LogP contribution in [0.5, 0.6) is 0 Å². The van der Waals surface area contributed by atoms with Gasteiger partial charge in [-0.1, -0.05) is 6.07 Å². The average Bonchev–Trinajstić information content (AvgIpc) is 2.84. The van der Waals surface area contributed by atoms with Crippen molar-refractivity contribution < 1.29 is 9.18 Å². The molecule has 3 rings (SSSR count). The molecule has 0 saturated carbocycles. The van der Waals surface area contributed by atoms with Crippen LogP contribution in [-0.4, -0.2) is 20.5 Å². The second-order valence-corrected chi connectivity index (χ2v) is 5.31. The van der Waals surface area contributed by atoms with Gasteiger partial charge in [-0.3, -0.25) is 14.7 Å². The predicted octanol–water partition coefficient (Wildman–Crippen LogP) is 1.96. The van der Waals surface area contributed by atoms with Crippen molar-refractivity contribution in [3.05, 3.63) is 63.5 Å². The van der Waals surface area contributed by atoms with Crippen LogP contribution in [0.2, 0.25) is 0 Å². The number of aromatic nitrogens is 3. The lowest BCUT2D eigenvalue weighted by Crippen LogP contribution is -2.18. The summed E-state index contributed by atoms with van der Waals surface area (Å²) in [6, 6.07) is 7.11. The molecule has 0 atom stereocenters. The molecular formula is C16H15FN4O2. The van der Waals surface area contributed by atoms with E-state index in [0.29, 0.717) is 17.0 Å². The smallest absolute Gasteiger partial charge is 0.266 e. The third kappa shape index (κ3) is 2.98. The summed E-state index contributed by atoms with van der Waals surface area (Å²) in [4.78, 5) is 27.9. The van der Waals surface area contributed by atoms with Crippen molar-refractivity contribution in [1.29, 1.82) is 0 Å². The van der Waals surface area contributed by atoms with Gasteiger partial charge in [0.2, 0.25) is 5.91 Å². The molecule has 118 valence electrons. The summed E-state index contributed by atoms with van der Waals surface area (Å²) in [7, 11) is 0. The molecule has 0 aliphatic carbocycles. The van der Waals surface area contributed by atoms with Gasteiger partial charge in [0.1, 0.15) is 5.82 Å². The van der Waals surface area contributed by atoms with Gasteiger partial charge in [0.05, 0.1) is 6.42 Å². The Labute approximate surface area is 131 Å². The summed E-state index contributed by atoms with van der Waals surface area (Å²) in [5.41, 5.74) is 2.80. The SMILES string of the molecule is Cc1nc2cc(=O)[nH]n2c(C)c1CC(=O)Nc1cccc(F)c1. The molecule has 0 aliphatic rings. The molecule has 0 bridgehead atoms. The van der Waals surface area contributed by atoms with E-state index < -0.39 is 5.82 Å². The molecule has 2 heterocycles. The fourth-order valence-electron chi connectivity index (χ4n) is 2.54. The average molecular weight is 314 g/mol. The van der Waals surface area contributed by atoms with Gasteiger partial charge in [0.25, 0.3) is 5.56 Å². The number of anilines is 1. The Morgan fingerprint density at radius 3 is 2.87 bits per heavy atom. The Balaban J connectivity index is 1.88. The number of halogens is 1. The molecule has 7 heteroatoms. The fraction of sp³-hybridized carbons (Fsp3) is 0.188. The summed E-state index contributed by atoms with van der Waals surface area (Å²) < 4.78 is 14.7. The van der Waals surface area contributed by atoms with Crippen LogP contribution in [0.3, 0.4) is 0 Å². The molecule has 0 unspecified atom stereocenters. The topological polar surface area (TPSA) is 79.3 Å². The van der Waals surface area contributed by atoms with Crippen LogP contribution in [-0.2, 0) is 11.2 Å². The molecule has 2 aromatic heterocycles. The zero-order valence-corrected chi connectivity index (χ0v) is 12.7. The van der Waals surface area contributed by atoms with Crippen LogP contribution in [0.25, 0.3) is 5.65 Å². The monoisotopic (exact) mass is 314 g/mol. The molecule has 1 amide bonds. The second-order valence-electron chi connectivity index (χ2n) is 5.31. The van der Waals surface area contributed by atoms with Crippen LogP contribution in [0.1, 0.15) is 17.0 Å². The predicted molar refractivity (Wildman–Crippen MR) is 84.0 cm³/mol. The van der Waals surface area contributed by atoms with Gasteiger partial charge in [0, 0.05) is 28.7 Å². The molecule has 1 aromatic carbocycles. The number of nitrogens with zero attached hydrogens (tertiary/aromatic N) is 2. The Kier molecular flexibility index (Phi) is 3.69. The Morgan fingerprint density at radius 1 is 1.35 bits per heavy atom. The zero-order valence-electron chi connectivity index (χ0n) is 12.7. The largest absolute Gasteiger partial charge is 0.326 e. The van der Waals surface area contributed by atoms with Gasteiger partial charge in [0.15, 0.2) is 5.65 Å². The zero-order chi connectivity index (χ0) is 16.6. The van der Waals surface area contributed by atoms with E-state index in [1.807, 2.05) is 6.92 Å². The number of aryl methyl sites for hydroxylation is 2. The van der Waals surface area contributed by atoms with Crippen LogP contribution >= 0.6 is 0 Å². The number of nitrogens with one attached hydrogen (secondary N) is 2. The summed E-state index contributed by atoms with van der Waals surface area (Å²) in [5.74, 6) is -0.694. The molecule has 0 spiro atoms. The third-order valence-electron chi connectivity index (χ3n) is 3.65. The number of rotatable bonds is 3.